The zero-order valence-corrected chi connectivity index (χ0v) is 24.6. The summed E-state index contributed by atoms with van der Waals surface area (Å²) in [6.07, 6.45) is 11.6. The van der Waals surface area contributed by atoms with Crippen LogP contribution in [0.2, 0.25) is 6.04 Å². The van der Waals surface area contributed by atoms with Crippen LogP contribution in [0.25, 0.3) is 5.57 Å². The lowest BCUT2D eigenvalue weighted by Gasteiger charge is -2.37. The highest BCUT2D eigenvalue weighted by molar-refractivity contribution is 6.41. The molecule has 0 aliphatic carbocycles. The summed E-state index contributed by atoms with van der Waals surface area (Å²) in [5.41, 5.74) is 6.10. The first-order chi connectivity index (χ1) is 19.8. The van der Waals surface area contributed by atoms with Crippen LogP contribution >= 0.6 is 0 Å². The maximum Gasteiger partial charge on any atom is 0.103 e. The molecule has 1 aromatic heterocycles. The Kier molecular flexibility index (Phi) is 11.1. The smallest absolute Gasteiger partial charge is 0.103 e. The lowest BCUT2D eigenvalue weighted by atomic mass is 9.92. The van der Waals surface area contributed by atoms with Crippen LogP contribution in [-0.4, -0.2) is 26.9 Å². The summed E-state index contributed by atoms with van der Waals surface area (Å²) < 4.78 is 2.33. The Bertz CT molecular complexity index is 1340. The van der Waals surface area contributed by atoms with Crippen molar-refractivity contribution in [1.29, 1.82) is 0 Å². The van der Waals surface area contributed by atoms with Crippen molar-refractivity contribution in [2.24, 2.45) is 0 Å². The van der Waals surface area contributed by atoms with E-state index in [1.807, 2.05) is 55.0 Å². The van der Waals surface area contributed by atoms with Crippen LogP contribution in [-0.2, 0) is 5.16 Å². The van der Waals surface area contributed by atoms with Gasteiger partial charge >= 0.3 is 0 Å². The number of hydrogen-bond donors (Lipinski definition) is 0. The summed E-state index contributed by atoms with van der Waals surface area (Å²) in [6.45, 7) is 3.84. The molecule has 0 aliphatic rings. The fourth-order valence-corrected chi connectivity index (χ4v) is 7.85. The van der Waals surface area contributed by atoms with E-state index in [4.69, 9.17) is 7.85 Å². The average molecular weight is 537 g/mol. The molecular formula is C36H37BN2Si. The molecule has 0 unspecified atom stereocenters. The van der Waals surface area contributed by atoms with Crippen LogP contribution in [0.5, 0.6) is 0 Å². The number of allylic oxidation sites excluding steroid dienone is 1. The molecule has 0 N–H and O–H groups in total. The molecule has 5 rings (SSSR count). The summed E-state index contributed by atoms with van der Waals surface area (Å²) >= 11 is 0. The average Bonchev–Trinajstić information content (AvgIpc) is 3.57. The van der Waals surface area contributed by atoms with E-state index < -0.39 is 9.52 Å². The van der Waals surface area contributed by atoms with Crippen molar-refractivity contribution in [3.63, 3.8) is 0 Å². The maximum atomic E-state index is 5.67. The van der Waals surface area contributed by atoms with Gasteiger partial charge in [-0.2, -0.15) is 0 Å². The van der Waals surface area contributed by atoms with Gasteiger partial charge in [-0.05, 0) is 34.2 Å². The molecule has 0 amide bonds. The predicted octanol–water partition coefficient (Wildman–Crippen LogP) is 7.82. The SMILES string of the molecule is C=CCCCC[SiH2]C(c1ccccc1)(c1ccccc1)n1ccnc1.[B]C=C(c1ccccc1)c1ccccc1. The number of imidazole rings is 1. The fourth-order valence-electron chi connectivity index (χ4n) is 5.24. The van der Waals surface area contributed by atoms with E-state index >= 15 is 0 Å². The Balaban J connectivity index is 0.000000210. The number of aromatic nitrogens is 2. The zero-order valence-electron chi connectivity index (χ0n) is 23.1. The highest BCUT2D eigenvalue weighted by atomic mass is 28.2. The standard InChI is InChI=1S/C22H26N2Si.C14H11B/c1-2-3-4-11-18-25-22(24-17-16-23-19-24,20-12-7-5-8-13-20)21-14-9-6-10-15-21;15-11-14(12-7-3-1-4-8-12)13-9-5-2-6-10-13/h2,5-10,12-17,19H,1,3-4,11,18,25H2;1-11H. The van der Waals surface area contributed by atoms with Crippen molar-refractivity contribution < 1.29 is 0 Å². The van der Waals surface area contributed by atoms with Crippen LogP contribution in [0.3, 0.4) is 0 Å². The first-order valence-corrected chi connectivity index (χ1v) is 15.7. The Morgan fingerprint density at radius 1 is 0.750 bits per heavy atom. The van der Waals surface area contributed by atoms with Crippen molar-refractivity contribution in [2.45, 2.75) is 30.5 Å². The largest absolute Gasteiger partial charge is 0.327 e. The molecule has 5 aromatic rings. The maximum absolute atomic E-state index is 5.67. The summed E-state index contributed by atoms with van der Waals surface area (Å²) in [5.74, 6) is 1.66. The molecule has 2 radical (unpaired) electrons. The molecule has 0 atom stereocenters. The van der Waals surface area contributed by atoms with E-state index in [0.717, 1.165) is 23.1 Å². The highest BCUT2D eigenvalue weighted by Crippen LogP contribution is 2.34. The Hall–Kier alpha value is -4.15. The molecule has 0 saturated carbocycles. The lowest BCUT2D eigenvalue weighted by Crippen LogP contribution is -2.41. The Morgan fingerprint density at radius 2 is 1.25 bits per heavy atom. The molecule has 4 aromatic carbocycles. The first kappa shape index (κ1) is 28.8. The number of rotatable bonds is 11. The van der Waals surface area contributed by atoms with Gasteiger partial charge in [0.15, 0.2) is 0 Å². The van der Waals surface area contributed by atoms with Crippen LogP contribution in [0.4, 0.5) is 0 Å². The molecule has 0 fully saturated rings. The molecule has 1 heterocycles. The Labute approximate surface area is 243 Å². The van der Waals surface area contributed by atoms with Gasteiger partial charge in [0.1, 0.15) is 7.85 Å². The predicted molar refractivity (Wildman–Crippen MR) is 174 cm³/mol. The molecule has 0 aliphatic heterocycles. The number of hydrogen-bond acceptors (Lipinski definition) is 1. The van der Waals surface area contributed by atoms with Gasteiger partial charge in [-0.3, -0.25) is 0 Å². The molecule has 0 bridgehead atoms. The second kappa shape index (κ2) is 15.4. The highest BCUT2D eigenvalue weighted by Gasteiger charge is 2.35. The second-order valence-corrected chi connectivity index (χ2v) is 12.0. The van der Waals surface area contributed by atoms with Crippen molar-refractivity contribution in [3.05, 3.63) is 181 Å². The van der Waals surface area contributed by atoms with Crippen molar-refractivity contribution >= 4 is 22.9 Å². The third kappa shape index (κ3) is 7.28. The summed E-state index contributed by atoms with van der Waals surface area (Å²) in [6, 6.07) is 43.5. The minimum Gasteiger partial charge on any atom is -0.327 e. The molecule has 198 valence electrons. The minimum atomic E-state index is -0.486. The normalized spacial score (nSPS) is 11.0. The number of unbranched alkanes of at least 4 members (excludes halogenated alkanes) is 2. The van der Waals surface area contributed by atoms with Gasteiger partial charge in [0, 0.05) is 12.4 Å². The third-order valence-corrected chi connectivity index (χ3v) is 9.99. The van der Waals surface area contributed by atoms with Crippen molar-refractivity contribution in [2.75, 3.05) is 0 Å². The first-order valence-electron chi connectivity index (χ1n) is 14.0. The minimum absolute atomic E-state index is 0.0762. The van der Waals surface area contributed by atoms with Gasteiger partial charge in [-0.25, -0.2) is 4.98 Å². The molecule has 40 heavy (non-hydrogen) atoms. The molecule has 0 saturated heterocycles. The van der Waals surface area contributed by atoms with E-state index in [0.29, 0.717) is 0 Å². The number of benzene rings is 4. The third-order valence-electron chi connectivity index (χ3n) is 7.23. The fraction of sp³-hybridized carbons (Fsp3) is 0.139. The van der Waals surface area contributed by atoms with E-state index in [9.17, 15) is 0 Å². The van der Waals surface area contributed by atoms with Gasteiger partial charge in [0.05, 0.1) is 21.0 Å². The van der Waals surface area contributed by atoms with Crippen LogP contribution < -0.4 is 0 Å². The van der Waals surface area contributed by atoms with Crippen LogP contribution in [0.1, 0.15) is 41.5 Å². The van der Waals surface area contributed by atoms with E-state index in [1.165, 1.54) is 30.0 Å². The molecule has 4 heteroatoms. The van der Waals surface area contributed by atoms with Gasteiger partial charge < -0.3 is 4.57 Å². The van der Waals surface area contributed by atoms with Crippen LogP contribution in [0.15, 0.2) is 159 Å². The molecule has 0 spiro atoms. The monoisotopic (exact) mass is 536 g/mol. The van der Waals surface area contributed by atoms with Crippen LogP contribution in [0, 0.1) is 0 Å². The topological polar surface area (TPSA) is 17.8 Å². The second-order valence-electron chi connectivity index (χ2n) is 9.76. The van der Waals surface area contributed by atoms with E-state index in [-0.39, 0.29) is 5.16 Å². The van der Waals surface area contributed by atoms with Gasteiger partial charge in [0.25, 0.3) is 0 Å². The van der Waals surface area contributed by atoms with E-state index in [2.05, 4.69) is 107 Å². The molecular weight excluding hydrogens is 499 g/mol. The van der Waals surface area contributed by atoms with Gasteiger partial charge in [-0.15, -0.1) is 12.6 Å². The summed E-state index contributed by atoms with van der Waals surface area (Å²) in [7, 11) is 5.19. The quantitative estimate of drug-likeness (QED) is 0.0956. The summed E-state index contributed by atoms with van der Waals surface area (Å²) in [5, 5.41) is -0.0762. The lowest BCUT2D eigenvalue weighted by molar-refractivity contribution is 0.588. The van der Waals surface area contributed by atoms with Crippen molar-refractivity contribution in [1.82, 2.24) is 9.55 Å². The number of nitrogens with zero attached hydrogens (tertiary/aromatic N) is 2. The molecule has 2 nitrogen and oxygen atoms in total. The zero-order chi connectivity index (χ0) is 27.9. The van der Waals surface area contributed by atoms with Gasteiger partial charge in [0.2, 0.25) is 0 Å². The van der Waals surface area contributed by atoms with Gasteiger partial charge in [-0.1, -0.05) is 146 Å². The Morgan fingerprint density at radius 3 is 1.68 bits per heavy atom. The van der Waals surface area contributed by atoms with E-state index in [1.54, 1.807) is 5.98 Å². The van der Waals surface area contributed by atoms with Crippen molar-refractivity contribution in [3.8, 4) is 0 Å². The summed E-state index contributed by atoms with van der Waals surface area (Å²) in [4.78, 5) is 4.37.